The molecule has 8 heteroatoms. The molecule has 1 aliphatic heterocycles. The number of amides is 1. The number of nitrogens with zero attached hydrogens (tertiary/aromatic N) is 1. The number of nitrogens with one attached hydrogen (secondary N) is 1. The van der Waals surface area contributed by atoms with Crippen molar-refractivity contribution in [2.75, 3.05) is 20.3 Å². The molecule has 216 valence electrons. The van der Waals surface area contributed by atoms with Gasteiger partial charge in [-0.25, -0.2) is 13.6 Å². The van der Waals surface area contributed by atoms with Crippen molar-refractivity contribution >= 4 is 11.9 Å². The van der Waals surface area contributed by atoms with Crippen molar-refractivity contribution in [3.05, 3.63) is 89.0 Å². The lowest BCUT2D eigenvalue weighted by Gasteiger charge is -2.33. The van der Waals surface area contributed by atoms with Crippen molar-refractivity contribution in [1.29, 1.82) is 0 Å². The van der Waals surface area contributed by atoms with Crippen LogP contribution in [0, 0.1) is 23.5 Å². The predicted octanol–water partition coefficient (Wildman–Crippen LogP) is 6.12. The Hall–Kier alpha value is -3.78. The molecule has 41 heavy (non-hydrogen) atoms. The largest absolute Gasteiger partial charge is 0.493 e. The highest BCUT2D eigenvalue weighted by Crippen LogP contribution is 2.39. The normalized spacial score (nSPS) is 20.3. The second kappa shape index (κ2) is 12.8. The highest BCUT2D eigenvalue weighted by atomic mass is 19.1. The summed E-state index contributed by atoms with van der Waals surface area (Å²) >= 11 is 0. The second-order valence-electron chi connectivity index (χ2n) is 11.1. The summed E-state index contributed by atoms with van der Waals surface area (Å²) in [5, 5.41) is 2.81. The zero-order valence-electron chi connectivity index (χ0n) is 23.5. The molecule has 1 heterocycles. The van der Waals surface area contributed by atoms with Crippen LogP contribution < -0.4 is 10.1 Å². The summed E-state index contributed by atoms with van der Waals surface area (Å²) < 4.78 is 39.8. The fourth-order valence-corrected chi connectivity index (χ4v) is 5.52. The first kappa shape index (κ1) is 28.7. The number of rotatable bonds is 10. The van der Waals surface area contributed by atoms with Crippen LogP contribution in [0.25, 0.3) is 11.1 Å². The van der Waals surface area contributed by atoms with Crippen molar-refractivity contribution in [3.63, 3.8) is 0 Å². The van der Waals surface area contributed by atoms with Gasteiger partial charge in [-0.15, -0.1) is 0 Å². The highest BCUT2D eigenvalue weighted by molar-refractivity contribution is 5.97. The minimum Gasteiger partial charge on any atom is -0.493 e. The molecule has 3 atom stereocenters. The average molecular weight is 563 g/mol. The Morgan fingerprint density at radius 3 is 2.56 bits per heavy atom. The fraction of sp³-hybridized carbons (Fsp3) is 0.394. The fourth-order valence-electron chi connectivity index (χ4n) is 5.52. The van der Waals surface area contributed by atoms with Gasteiger partial charge < -0.3 is 14.8 Å². The molecule has 1 saturated heterocycles. The van der Waals surface area contributed by atoms with Gasteiger partial charge in [0.15, 0.2) is 0 Å². The van der Waals surface area contributed by atoms with Crippen molar-refractivity contribution < 1.29 is 27.8 Å². The summed E-state index contributed by atoms with van der Waals surface area (Å²) in [7, 11) is 1.16. The first-order valence-electron chi connectivity index (χ1n) is 14.2. The van der Waals surface area contributed by atoms with Crippen LogP contribution in [0.1, 0.15) is 54.1 Å². The lowest BCUT2D eigenvalue weighted by Crippen LogP contribution is -2.36. The molecule has 0 spiro atoms. The first-order chi connectivity index (χ1) is 19.8. The first-order valence-corrected chi connectivity index (χ1v) is 14.2. The van der Waals surface area contributed by atoms with Crippen molar-refractivity contribution in [1.82, 2.24) is 10.2 Å². The Morgan fingerprint density at radius 2 is 1.83 bits per heavy atom. The van der Waals surface area contributed by atoms with E-state index in [2.05, 4.69) is 34.0 Å². The Bertz CT molecular complexity index is 1390. The number of piperidine rings is 1. The van der Waals surface area contributed by atoms with Crippen molar-refractivity contribution in [3.8, 4) is 16.9 Å². The van der Waals surface area contributed by atoms with Gasteiger partial charge in [0.25, 0.3) is 0 Å². The zero-order valence-corrected chi connectivity index (χ0v) is 23.5. The molecule has 1 aliphatic carbocycles. The molecule has 0 aromatic heterocycles. The van der Waals surface area contributed by atoms with Crippen LogP contribution in [0.5, 0.6) is 5.75 Å². The molecule has 1 amide bonds. The van der Waals surface area contributed by atoms with Crippen LogP contribution in [0.15, 0.2) is 60.7 Å². The van der Waals surface area contributed by atoms with Crippen molar-refractivity contribution in [2.45, 2.75) is 51.7 Å². The van der Waals surface area contributed by atoms with Gasteiger partial charge in [-0.2, -0.15) is 0 Å². The molecule has 2 aliphatic rings. The third-order valence-corrected chi connectivity index (χ3v) is 8.19. The van der Waals surface area contributed by atoms with Crippen LogP contribution in [0.3, 0.4) is 0 Å². The number of likely N-dealkylation sites (tertiary alicyclic amines) is 1. The zero-order chi connectivity index (χ0) is 28.9. The standard InChI is InChI=1S/C33H36F2N2O4/c1-21-6-3-4-15-37(21)19-22-9-13-26(14-10-22)41-20-25-16-28(25)32(38)36-18-24-12-11-23(17-30(24)35)27-7-5-8-29(34)31(27)33(39)40-2/h5,7-14,17,21,25,28H,3-4,6,15-16,18-20H2,1-2H3,(H,36,38). The molecule has 5 rings (SSSR count). The third kappa shape index (κ3) is 6.93. The van der Waals surface area contributed by atoms with E-state index in [9.17, 15) is 18.4 Å². The molecule has 0 radical (unpaired) electrons. The number of hydrogen-bond donors (Lipinski definition) is 1. The topological polar surface area (TPSA) is 67.9 Å². The number of ether oxygens (including phenoxy) is 2. The van der Waals surface area contributed by atoms with Gasteiger partial charge in [0.05, 0.1) is 13.7 Å². The number of carbonyl (C=O) groups excluding carboxylic acids is 2. The SMILES string of the molecule is COC(=O)c1c(F)cccc1-c1ccc(CNC(=O)C2CC2COc2ccc(CN3CCCCC3C)cc2)c(F)c1. The second-order valence-corrected chi connectivity index (χ2v) is 11.1. The van der Waals surface area contributed by atoms with E-state index in [1.165, 1.54) is 49.1 Å². The Labute approximate surface area is 239 Å². The van der Waals surface area contributed by atoms with Crippen LogP contribution in [-0.4, -0.2) is 43.1 Å². The minimum absolute atomic E-state index is 0.0269. The molecular formula is C33H36F2N2O4. The maximum absolute atomic E-state index is 14.9. The van der Waals surface area contributed by atoms with Crippen LogP contribution >= 0.6 is 0 Å². The van der Waals surface area contributed by atoms with E-state index in [0.29, 0.717) is 23.8 Å². The number of methoxy groups -OCH3 is 1. The van der Waals surface area contributed by atoms with E-state index in [-0.39, 0.29) is 35.4 Å². The molecule has 6 nitrogen and oxygen atoms in total. The van der Waals surface area contributed by atoms with Crippen LogP contribution in [0.2, 0.25) is 0 Å². The molecule has 1 N–H and O–H groups in total. The van der Waals surface area contributed by atoms with Crippen LogP contribution in [0.4, 0.5) is 8.78 Å². The molecule has 3 unspecified atom stereocenters. The van der Waals surface area contributed by atoms with Gasteiger partial charge in [-0.05, 0) is 73.7 Å². The Kier molecular flexibility index (Phi) is 8.98. The quantitative estimate of drug-likeness (QED) is 0.302. The maximum atomic E-state index is 14.9. The number of hydrogen-bond acceptors (Lipinski definition) is 5. The lowest BCUT2D eigenvalue weighted by molar-refractivity contribution is -0.122. The number of benzene rings is 3. The van der Waals surface area contributed by atoms with Gasteiger partial charge >= 0.3 is 5.97 Å². The predicted molar refractivity (Wildman–Crippen MR) is 152 cm³/mol. The molecule has 0 bridgehead atoms. The highest BCUT2D eigenvalue weighted by Gasteiger charge is 2.43. The molecule has 2 fully saturated rings. The molecule has 3 aromatic rings. The number of esters is 1. The van der Waals surface area contributed by atoms with Gasteiger partial charge in [-0.3, -0.25) is 9.69 Å². The van der Waals surface area contributed by atoms with E-state index < -0.39 is 17.6 Å². The Balaban J connectivity index is 1.09. The van der Waals surface area contributed by atoms with Gasteiger partial charge in [0, 0.05) is 36.5 Å². The number of carbonyl (C=O) groups is 2. The van der Waals surface area contributed by atoms with E-state index >= 15 is 0 Å². The van der Waals surface area contributed by atoms with Crippen LogP contribution in [-0.2, 0) is 22.6 Å². The lowest BCUT2D eigenvalue weighted by atomic mass is 9.98. The molecule has 3 aromatic carbocycles. The summed E-state index contributed by atoms with van der Waals surface area (Å²) in [6.07, 6.45) is 4.56. The molecule has 1 saturated carbocycles. The summed E-state index contributed by atoms with van der Waals surface area (Å²) in [6.45, 7) is 4.88. The van der Waals surface area contributed by atoms with E-state index in [4.69, 9.17) is 4.74 Å². The maximum Gasteiger partial charge on any atom is 0.341 e. The smallest absolute Gasteiger partial charge is 0.341 e. The summed E-state index contributed by atoms with van der Waals surface area (Å²) in [6, 6.07) is 17.3. The van der Waals surface area contributed by atoms with Gasteiger partial charge in [-0.1, -0.05) is 42.8 Å². The third-order valence-electron chi connectivity index (χ3n) is 8.19. The minimum atomic E-state index is -0.836. The average Bonchev–Trinajstić information content (AvgIpc) is 3.76. The Morgan fingerprint density at radius 1 is 1.02 bits per heavy atom. The van der Waals surface area contributed by atoms with E-state index in [1.54, 1.807) is 6.07 Å². The monoisotopic (exact) mass is 562 g/mol. The van der Waals surface area contributed by atoms with Crippen molar-refractivity contribution in [2.24, 2.45) is 11.8 Å². The summed E-state index contributed by atoms with van der Waals surface area (Å²) in [4.78, 5) is 27.2. The summed E-state index contributed by atoms with van der Waals surface area (Å²) in [5.74, 6) is -1.51. The number of halogens is 2. The van der Waals surface area contributed by atoms with E-state index in [1.807, 2.05) is 12.1 Å². The summed E-state index contributed by atoms with van der Waals surface area (Å²) in [5.41, 5.74) is 1.89. The van der Waals surface area contributed by atoms with Gasteiger partial charge in [0.2, 0.25) is 5.91 Å². The van der Waals surface area contributed by atoms with E-state index in [0.717, 1.165) is 38.4 Å². The molecular weight excluding hydrogens is 526 g/mol. The van der Waals surface area contributed by atoms with Gasteiger partial charge in [0.1, 0.15) is 22.9 Å².